The molecular weight excluding hydrogens is 204 g/mol. The molecule has 0 saturated carbocycles. The molecule has 1 fully saturated rings. The van der Waals surface area contributed by atoms with E-state index < -0.39 is 0 Å². The van der Waals surface area contributed by atoms with Gasteiger partial charge in [0.2, 0.25) is 5.91 Å². The summed E-state index contributed by atoms with van der Waals surface area (Å²) in [5.74, 6) is 0.560. The SMILES string of the molecule is CCCCOCCNC(=O)C1NCCC1C. The van der Waals surface area contributed by atoms with Crippen LogP contribution in [-0.2, 0) is 9.53 Å². The average molecular weight is 228 g/mol. The summed E-state index contributed by atoms with van der Waals surface area (Å²) >= 11 is 0. The smallest absolute Gasteiger partial charge is 0.237 e. The molecular formula is C12H24N2O2. The number of rotatable bonds is 7. The lowest BCUT2D eigenvalue weighted by atomic mass is 10.0. The third-order valence-electron chi connectivity index (χ3n) is 3.00. The topological polar surface area (TPSA) is 50.4 Å². The second kappa shape index (κ2) is 7.63. The fraction of sp³-hybridized carbons (Fsp3) is 0.917. The minimum absolute atomic E-state index is 0.00404. The maximum atomic E-state index is 11.7. The summed E-state index contributed by atoms with van der Waals surface area (Å²) in [7, 11) is 0. The third-order valence-corrected chi connectivity index (χ3v) is 3.00. The minimum Gasteiger partial charge on any atom is -0.380 e. The summed E-state index contributed by atoms with van der Waals surface area (Å²) in [5, 5.41) is 6.12. The van der Waals surface area contributed by atoms with Crippen molar-refractivity contribution in [1.82, 2.24) is 10.6 Å². The van der Waals surface area contributed by atoms with Gasteiger partial charge in [-0.3, -0.25) is 4.79 Å². The summed E-state index contributed by atoms with van der Waals surface area (Å²) in [5.41, 5.74) is 0. The highest BCUT2D eigenvalue weighted by molar-refractivity contribution is 5.82. The van der Waals surface area contributed by atoms with Crippen molar-refractivity contribution >= 4 is 5.91 Å². The molecule has 0 aromatic rings. The Morgan fingerprint density at radius 1 is 1.50 bits per heavy atom. The lowest BCUT2D eigenvalue weighted by Crippen LogP contribution is -2.44. The van der Waals surface area contributed by atoms with Crippen LogP contribution in [-0.4, -0.2) is 38.3 Å². The molecule has 94 valence electrons. The highest BCUT2D eigenvalue weighted by Gasteiger charge is 2.28. The molecule has 2 atom stereocenters. The summed E-state index contributed by atoms with van der Waals surface area (Å²) in [6.45, 7) is 7.23. The minimum atomic E-state index is -0.00404. The van der Waals surface area contributed by atoms with Gasteiger partial charge in [-0.1, -0.05) is 20.3 Å². The van der Waals surface area contributed by atoms with Crippen molar-refractivity contribution in [1.29, 1.82) is 0 Å². The van der Waals surface area contributed by atoms with E-state index in [0.29, 0.717) is 19.1 Å². The maximum Gasteiger partial charge on any atom is 0.237 e. The van der Waals surface area contributed by atoms with E-state index in [1.807, 2.05) is 0 Å². The molecule has 4 nitrogen and oxygen atoms in total. The molecule has 0 aromatic heterocycles. The first-order chi connectivity index (χ1) is 7.75. The molecule has 0 bridgehead atoms. The van der Waals surface area contributed by atoms with Crippen molar-refractivity contribution in [2.45, 2.75) is 39.2 Å². The monoisotopic (exact) mass is 228 g/mol. The number of carbonyl (C=O) groups is 1. The van der Waals surface area contributed by atoms with Crippen LogP contribution in [0.4, 0.5) is 0 Å². The van der Waals surface area contributed by atoms with E-state index in [4.69, 9.17) is 4.74 Å². The highest BCUT2D eigenvalue weighted by Crippen LogP contribution is 2.13. The molecule has 0 aromatic carbocycles. The van der Waals surface area contributed by atoms with Gasteiger partial charge in [0, 0.05) is 13.2 Å². The van der Waals surface area contributed by atoms with Gasteiger partial charge in [-0.25, -0.2) is 0 Å². The van der Waals surface area contributed by atoms with E-state index in [2.05, 4.69) is 24.5 Å². The fourth-order valence-corrected chi connectivity index (χ4v) is 1.89. The lowest BCUT2D eigenvalue weighted by molar-refractivity contribution is -0.123. The van der Waals surface area contributed by atoms with E-state index in [1.54, 1.807) is 0 Å². The van der Waals surface area contributed by atoms with Crippen LogP contribution in [0.1, 0.15) is 33.1 Å². The van der Waals surface area contributed by atoms with E-state index in [-0.39, 0.29) is 11.9 Å². The Kier molecular flexibility index (Phi) is 6.42. The van der Waals surface area contributed by atoms with Gasteiger partial charge in [0.15, 0.2) is 0 Å². The van der Waals surface area contributed by atoms with Crippen LogP contribution >= 0.6 is 0 Å². The summed E-state index contributed by atoms with van der Waals surface area (Å²) in [6, 6.07) is -0.00404. The Hall–Kier alpha value is -0.610. The highest BCUT2D eigenvalue weighted by atomic mass is 16.5. The average Bonchev–Trinajstić information content (AvgIpc) is 2.69. The van der Waals surface area contributed by atoms with Crippen LogP contribution in [0.15, 0.2) is 0 Å². The zero-order valence-electron chi connectivity index (χ0n) is 10.4. The molecule has 2 N–H and O–H groups in total. The Morgan fingerprint density at radius 2 is 2.31 bits per heavy atom. The number of ether oxygens (including phenoxy) is 1. The van der Waals surface area contributed by atoms with Crippen molar-refractivity contribution < 1.29 is 9.53 Å². The van der Waals surface area contributed by atoms with Crippen molar-refractivity contribution in [3.63, 3.8) is 0 Å². The number of amides is 1. The van der Waals surface area contributed by atoms with E-state index >= 15 is 0 Å². The van der Waals surface area contributed by atoms with Crippen molar-refractivity contribution in [3.8, 4) is 0 Å². The summed E-state index contributed by atoms with van der Waals surface area (Å²) < 4.78 is 5.38. The summed E-state index contributed by atoms with van der Waals surface area (Å²) in [4.78, 5) is 11.7. The predicted octanol–water partition coefficient (Wildman–Crippen LogP) is 0.917. The van der Waals surface area contributed by atoms with E-state index in [0.717, 1.165) is 32.4 Å². The largest absolute Gasteiger partial charge is 0.380 e. The van der Waals surface area contributed by atoms with Gasteiger partial charge in [-0.2, -0.15) is 0 Å². The Morgan fingerprint density at radius 3 is 2.94 bits per heavy atom. The standard InChI is InChI=1S/C12H24N2O2/c1-3-4-8-16-9-7-14-12(15)11-10(2)5-6-13-11/h10-11,13H,3-9H2,1-2H3,(H,14,15). The number of hydrogen-bond donors (Lipinski definition) is 2. The zero-order valence-corrected chi connectivity index (χ0v) is 10.4. The molecule has 1 aliphatic rings. The molecule has 4 heteroatoms. The van der Waals surface area contributed by atoms with Gasteiger partial charge in [0.1, 0.15) is 0 Å². The Labute approximate surface area is 98.1 Å². The van der Waals surface area contributed by atoms with Gasteiger partial charge < -0.3 is 15.4 Å². The van der Waals surface area contributed by atoms with Crippen molar-refractivity contribution in [3.05, 3.63) is 0 Å². The molecule has 0 aliphatic carbocycles. The quantitative estimate of drug-likeness (QED) is 0.637. The van der Waals surface area contributed by atoms with Gasteiger partial charge in [0.05, 0.1) is 12.6 Å². The zero-order chi connectivity index (χ0) is 11.8. The molecule has 0 radical (unpaired) electrons. The van der Waals surface area contributed by atoms with E-state index in [1.165, 1.54) is 0 Å². The van der Waals surface area contributed by atoms with Crippen LogP contribution in [0.25, 0.3) is 0 Å². The lowest BCUT2D eigenvalue weighted by Gasteiger charge is -2.15. The third kappa shape index (κ3) is 4.49. The number of carbonyl (C=O) groups excluding carboxylic acids is 1. The second-order valence-electron chi connectivity index (χ2n) is 4.45. The fourth-order valence-electron chi connectivity index (χ4n) is 1.89. The van der Waals surface area contributed by atoms with Crippen LogP contribution < -0.4 is 10.6 Å². The molecule has 1 heterocycles. The normalized spacial score (nSPS) is 24.6. The predicted molar refractivity (Wildman–Crippen MR) is 64.3 cm³/mol. The molecule has 16 heavy (non-hydrogen) atoms. The molecule has 1 saturated heterocycles. The maximum absolute atomic E-state index is 11.7. The Balaban J connectivity index is 2.02. The number of unbranched alkanes of at least 4 members (excludes halogenated alkanes) is 1. The molecule has 1 rings (SSSR count). The van der Waals surface area contributed by atoms with Crippen LogP contribution in [0.3, 0.4) is 0 Å². The summed E-state index contributed by atoms with van der Waals surface area (Å²) in [6.07, 6.45) is 3.33. The second-order valence-corrected chi connectivity index (χ2v) is 4.45. The van der Waals surface area contributed by atoms with Crippen LogP contribution in [0, 0.1) is 5.92 Å². The van der Waals surface area contributed by atoms with Gasteiger partial charge in [-0.15, -0.1) is 0 Å². The van der Waals surface area contributed by atoms with Crippen molar-refractivity contribution in [2.24, 2.45) is 5.92 Å². The molecule has 1 amide bonds. The molecule has 1 aliphatic heterocycles. The van der Waals surface area contributed by atoms with Gasteiger partial charge in [0.25, 0.3) is 0 Å². The Bertz CT molecular complexity index is 209. The number of nitrogens with one attached hydrogen (secondary N) is 2. The van der Waals surface area contributed by atoms with Crippen molar-refractivity contribution in [2.75, 3.05) is 26.3 Å². The van der Waals surface area contributed by atoms with Gasteiger partial charge in [-0.05, 0) is 25.3 Å². The molecule has 0 spiro atoms. The molecule has 2 unspecified atom stereocenters. The first-order valence-electron chi connectivity index (χ1n) is 6.34. The van der Waals surface area contributed by atoms with E-state index in [9.17, 15) is 4.79 Å². The van der Waals surface area contributed by atoms with Crippen LogP contribution in [0.5, 0.6) is 0 Å². The number of hydrogen-bond acceptors (Lipinski definition) is 3. The van der Waals surface area contributed by atoms with Crippen LogP contribution in [0.2, 0.25) is 0 Å². The first kappa shape index (κ1) is 13.5. The van der Waals surface area contributed by atoms with Gasteiger partial charge >= 0.3 is 0 Å². The first-order valence-corrected chi connectivity index (χ1v) is 6.34.